The van der Waals surface area contributed by atoms with Crippen molar-refractivity contribution in [3.63, 3.8) is 0 Å². The van der Waals surface area contributed by atoms with E-state index in [0.717, 1.165) is 43.6 Å². The molecule has 0 radical (unpaired) electrons. The van der Waals surface area contributed by atoms with Gasteiger partial charge in [0.1, 0.15) is 23.5 Å². The molecule has 0 amide bonds. The van der Waals surface area contributed by atoms with Crippen molar-refractivity contribution in [2.45, 2.75) is 50.3 Å². The molecule has 1 aliphatic heterocycles. The molecule has 1 fully saturated rings. The Morgan fingerprint density at radius 1 is 1.15 bits per heavy atom. The van der Waals surface area contributed by atoms with Gasteiger partial charge < -0.3 is 9.64 Å². The van der Waals surface area contributed by atoms with Crippen molar-refractivity contribution in [2.75, 3.05) is 24.2 Å². The molecule has 1 N–H and O–H groups in total. The van der Waals surface area contributed by atoms with Gasteiger partial charge in [0.15, 0.2) is 15.6 Å². The molecule has 2 aromatic heterocycles. The molecule has 3 aromatic rings. The minimum absolute atomic E-state index is 0.155. The molecule has 10 heteroatoms. The number of nitrogens with zero attached hydrogens (tertiary/aromatic N) is 4. The number of aromatic nitrogens is 4. The Balaban J connectivity index is 1.53. The van der Waals surface area contributed by atoms with Crippen molar-refractivity contribution in [1.29, 1.82) is 0 Å². The molecule has 0 aliphatic carbocycles. The normalized spacial score (nSPS) is 15.0. The van der Waals surface area contributed by atoms with Crippen LogP contribution in [0.5, 0.6) is 11.6 Å². The molecule has 1 saturated heterocycles. The Labute approximate surface area is 199 Å². The molecule has 9 nitrogen and oxygen atoms in total. The molecule has 180 valence electrons. The van der Waals surface area contributed by atoms with Crippen LogP contribution in [0.1, 0.15) is 67.2 Å². The van der Waals surface area contributed by atoms with Crippen molar-refractivity contribution in [3.8, 4) is 11.6 Å². The Morgan fingerprint density at radius 2 is 1.82 bits per heavy atom. The van der Waals surface area contributed by atoms with Gasteiger partial charge in [-0.1, -0.05) is 13.8 Å². The van der Waals surface area contributed by atoms with Crippen LogP contribution < -0.4 is 9.64 Å². The molecule has 3 heterocycles. The highest BCUT2D eigenvalue weighted by atomic mass is 32.2. The number of Topliss-reactive ketones (excluding diaryl/α,β-unsaturated/α-hetero) is 1. The summed E-state index contributed by atoms with van der Waals surface area (Å²) in [5.74, 6) is 1.65. The summed E-state index contributed by atoms with van der Waals surface area (Å²) in [6.45, 7) is 7.19. The fourth-order valence-electron chi connectivity index (χ4n) is 4.11. The third kappa shape index (κ3) is 5.11. The van der Waals surface area contributed by atoms with Gasteiger partial charge in [0.05, 0.1) is 10.6 Å². The van der Waals surface area contributed by atoms with Crippen molar-refractivity contribution in [3.05, 3.63) is 53.6 Å². The van der Waals surface area contributed by atoms with Gasteiger partial charge in [-0.25, -0.2) is 18.4 Å². The van der Waals surface area contributed by atoms with E-state index in [1.807, 2.05) is 0 Å². The van der Waals surface area contributed by atoms with Gasteiger partial charge in [0, 0.05) is 31.0 Å². The number of H-pyrrole nitrogens is 1. The van der Waals surface area contributed by atoms with E-state index in [-0.39, 0.29) is 16.6 Å². The standard InChI is InChI=1S/C24H29N5O4S/c1-15(2)20-13-21(28-27-20)17-9-11-29(12-10-17)23-22(16(3)30)24(26-14-25-23)33-18-5-7-19(8-6-18)34(4,31)32/h5-8,13-15,17H,9-12H2,1-4H3,(H,27,28). The predicted octanol–water partition coefficient (Wildman–Crippen LogP) is 4.11. The number of ketones is 1. The van der Waals surface area contributed by atoms with Crippen LogP contribution in [0.4, 0.5) is 5.82 Å². The maximum absolute atomic E-state index is 12.6. The second-order valence-electron chi connectivity index (χ2n) is 8.94. The minimum atomic E-state index is -3.31. The van der Waals surface area contributed by atoms with Crippen LogP contribution in [0.2, 0.25) is 0 Å². The van der Waals surface area contributed by atoms with Crippen LogP contribution in [0.15, 0.2) is 41.6 Å². The van der Waals surface area contributed by atoms with E-state index in [4.69, 9.17) is 4.74 Å². The summed E-state index contributed by atoms with van der Waals surface area (Å²) in [6, 6.07) is 8.17. The quantitative estimate of drug-likeness (QED) is 0.499. The zero-order valence-electron chi connectivity index (χ0n) is 19.8. The summed E-state index contributed by atoms with van der Waals surface area (Å²) in [6.07, 6.45) is 4.35. The number of carbonyl (C=O) groups is 1. The molecule has 1 aliphatic rings. The van der Waals surface area contributed by atoms with Crippen LogP contribution in [0.3, 0.4) is 0 Å². The minimum Gasteiger partial charge on any atom is -0.438 e. The smallest absolute Gasteiger partial charge is 0.235 e. The Bertz CT molecular complexity index is 1280. The second-order valence-corrected chi connectivity index (χ2v) is 11.0. The van der Waals surface area contributed by atoms with Crippen molar-refractivity contribution in [2.24, 2.45) is 0 Å². The van der Waals surface area contributed by atoms with Crippen molar-refractivity contribution >= 4 is 21.4 Å². The third-order valence-electron chi connectivity index (χ3n) is 6.05. The summed E-state index contributed by atoms with van der Waals surface area (Å²) in [7, 11) is -3.31. The number of ether oxygens (including phenoxy) is 1. The summed E-state index contributed by atoms with van der Waals surface area (Å²) >= 11 is 0. The van der Waals surface area contributed by atoms with Crippen molar-refractivity contribution in [1.82, 2.24) is 20.2 Å². The second kappa shape index (κ2) is 9.54. The molecule has 1 aromatic carbocycles. The number of aromatic amines is 1. The number of hydrogen-bond donors (Lipinski definition) is 1. The zero-order chi connectivity index (χ0) is 24.5. The Kier molecular flexibility index (Phi) is 6.70. The molecule has 0 spiro atoms. The van der Waals surface area contributed by atoms with Gasteiger partial charge in [-0.2, -0.15) is 5.10 Å². The Morgan fingerprint density at radius 3 is 2.38 bits per heavy atom. The molecule has 0 bridgehead atoms. The molecular formula is C24H29N5O4S. The first kappa shape index (κ1) is 23.9. The number of anilines is 1. The number of benzene rings is 1. The first-order valence-corrected chi connectivity index (χ1v) is 13.2. The number of hydrogen-bond acceptors (Lipinski definition) is 8. The lowest BCUT2D eigenvalue weighted by molar-refractivity contribution is 0.101. The van der Waals surface area contributed by atoms with Gasteiger partial charge in [0.25, 0.3) is 0 Å². The fourth-order valence-corrected chi connectivity index (χ4v) is 4.74. The SMILES string of the molecule is CC(=O)c1c(Oc2ccc(S(C)(=O)=O)cc2)ncnc1N1CCC(c2cc(C(C)C)n[nH]2)CC1. The summed E-state index contributed by atoms with van der Waals surface area (Å²) in [5.41, 5.74) is 2.54. The van der Waals surface area contributed by atoms with Crippen LogP contribution in [-0.4, -0.2) is 53.7 Å². The van der Waals surface area contributed by atoms with Gasteiger partial charge in [-0.05, 0) is 56.0 Å². The molecule has 4 rings (SSSR count). The average molecular weight is 484 g/mol. The number of piperidine rings is 1. The van der Waals surface area contributed by atoms with Crippen LogP contribution in [0.25, 0.3) is 0 Å². The fraction of sp³-hybridized carbons (Fsp3) is 0.417. The van der Waals surface area contributed by atoms with E-state index >= 15 is 0 Å². The van der Waals surface area contributed by atoms with Gasteiger partial charge in [0.2, 0.25) is 5.88 Å². The first-order chi connectivity index (χ1) is 16.1. The van der Waals surface area contributed by atoms with Crippen LogP contribution in [-0.2, 0) is 9.84 Å². The Hall–Kier alpha value is -3.27. The maximum atomic E-state index is 12.6. The lowest BCUT2D eigenvalue weighted by Gasteiger charge is -2.33. The zero-order valence-corrected chi connectivity index (χ0v) is 20.6. The number of sulfone groups is 1. The van der Waals surface area contributed by atoms with Crippen molar-refractivity contribution < 1.29 is 17.9 Å². The first-order valence-electron chi connectivity index (χ1n) is 11.3. The maximum Gasteiger partial charge on any atom is 0.235 e. The summed E-state index contributed by atoms with van der Waals surface area (Å²) in [4.78, 5) is 23.5. The van der Waals surface area contributed by atoms with Gasteiger partial charge >= 0.3 is 0 Å². The van der Waals surface area contributed by atoms with Crippen LogP contribution in [0, 0.1) is 0 Å². The van der Waals surface area contributed by atoms with E-state index in [9.17, 15) is 13.2 Å². The van der Waals surface area contributed by atoms with Gasteiger partial charge in [-0.3, -0.25) is 9.89 Å². The predicted molar refractivity (Wildman–Crippen MR) is 129 cm³/mol. The highest BCUT2D eigenvalue weighted by Crippen LogP contribution is 2.34. The molecular weight excluding hydrogens is 454 g/mol. The van der Waals surface area contributed by atoms with E-state index < -0.39 is 9.84 Å². The van der Waals surface area contributed by atoms with E-state index in [0.29, 0.717) is 29.0 Å². The number of rotatable bonds is 7. The monoisotopic (exact) mass is 483 g/mol. The molecule has 0 saturated carbocycles. The van der Waals surface area contributed by atoms with E-state index in [2.05, 4.69) is 45.0 Å². The molecule has 34 heavy (non-hydrogen) atoms. The lowest BCUT2D eigenvalue weighted by atomic mass is 9.92. The van der Waals surface area contributed by atoms with E-state index in [1.54, 1.807) is 12.1 Å². The number of carbonyl (C=O) groups excluding carboxylic acids is 1. The van der Waals surface area contributed by atoms with E-state index in [1.165, 1.54) is 25.4 Å². The third-order valence-corrected chi connectivity index (χ3v) is 7.18. The highest BCUT2D eigenvalue weighted by Gasteiger charge is 2.28. The summed E-state index contributed by atoms with van der Waals surface area (Å²) in [5, 5.41) is 7.61. The van der Waals surface area contributed by atoms with Gasteiger partial charge in [-0.15, -0.1) is 0 Å². The lowest BCUT2D eigenvalue weighted by Crippen LogP contribution is -2.34. The van der Waals surface area contributed by atoms with Crippen LogP contribution >= 0.6 is 0 Å². The number of nitrogens with one attached hydrogen (secondary N) is 1. The molecule has 0 atom stereocenters. The average Bonchev–Trinajstić information content (AvgIpc) is 3.29. The molecule has 0 unspecified atom stereocenters. The largest absolute Gasteiger partial charge is 0.438 e. The highest BCUT2D eigenvalue weighted by molar-refractivity contribution is 7.90. The summed E-state index contributed by atoms with van der Waals surface area (Å²) < 4.78 is 29.3. The topological polar surface area (TPSA) is 118 Å².